The lowest BCUT2D eigenvalue weighted by Gasteiger charge is -2.16. The first-order valence-electron chi connectivity index (χ1n) is 7.12. The Morgan fingerprint density at radius 3 is 2.90 bits per heavy atom. The lowest BCUT2D eigenvalue weighted by atomic mass is 10.1. The van der Waals surface area contributed by atoms with Crippen LogP contribution < -0.4 is 10.1 Å². The maximum Gasteiger partial charge on any atom is 0.242 e. The molecule has 21 heavy (non-hydrogen) atoms. The maximum atomic E-state index is 12.6. The zero-order chi connectivity index (χ0) is 15.2. The highest BCUT2D eigenvalue weighted by Gasteiger charge is 2.30. The van der Waals surface area contributed by atoms with Crippen LogP contribution >= 0.6 is 0 Å². The minimum Gasteiger partial charge on any atom is -0.492 e. The Balaban J connectivity index is 1.88. The van der Waals surface area contributed by atoms with E-state index in [9.17, 15) is 13.6 Å². The van der Waals surface area contributed by atoms with Gasteiger partial charge in [-0.3, -0.25) is 9.69 Å². The van der Waals surface area contributed by atoms with Gasteiger partial charge in [-0.15, -0.1) is 0 Å². The quantitative estimate of drug-likeness (QED) is 0.878. The van der Waals surface area contributed by atoms with Gasteiger partial charge in [-0.2, -0.15) is 0 Å². The molecule has 1 aliphatic rings. The van der Waals surface area contributed by atoms with E-state index in [-0.39, 0.29) is 19.0 Å². The zero-order valence-electron chi connectivity index (χ0n) is 12.0. The van der Waals surface area contributed by atoms with Gasteiger partial charge in [0.05, 0.1) is 18.8 Å². The van der Waals surface area contributed by atoms with E-state index in [0.29, 0.717) is 31.0 Å². The molecule has 1 heterocycles. The predicted molar refractivity (Wildman–Crippen MR) is 76.8 cm³/mol. The second kappa shape index (κ2) is 7.36. The second-order valence-corrected chi connectivity index (χ2v) is 5.10. The lowest BCUT2D eigenvalue weighted by Crippen LogP contribution is -2.32. The summed E-state index contributed by atoms with van der Waals surface area (Å²) in [5.74, 6) is -0.217. The number of amides is 1. The molecular weight excluding hydrogens is 278 g/mol. The number of halogens is 2. The van der Waals surface area contributed by atoms with Gasteiger partial charge < -0.3 is 10.1 Å². The van der Waals surface area contributed by atoms with E-state index in [1.807, 2.05) is 13.0 Å². The van der Waals surface area contributed by atoms with Crippen LogP contribution in [-0.2, 0) is 4.79 Å². The van der Waals surface area contributed by atoms with Crippen molar-refractivity contribution in [3.63, 3.8) is 0 Å². The van der Waals surface area contributed by atoms with Crippen LogP contribution in [0.25, 0.3) is 0 Å². The summed E-state index contributed by atoms with van der Waals surface area (Å²) in [4.78, 5) is 13.8. The van der Waals surface area contributed by atoms with Gasteiger partial charge in [0, 0.05) is 12.5 Å². The van der Waals surface area contributed by atoms with Crippen LogP contribution in [0.2, 0.25) is 0 Å². The van der Waals surface area contributed by atoms with Crippen LogP contribution in [0.4, 0.5) is 14.5 Å². The van der Waals surface area contributed by atoms with Crippen molar-refractivity contribution in [1.29, 1.82) is 0 Å². The standard InChI is InChI=1S/C15H20F2N2O2/c1-2-21-13-6-4-3-5-12(13)18-14(20)10-19-8-7-11(9-19)15(16)17/h3-6,11,15H,2,7-10H2,1H3,(H,18,20). The van der Waals surface area contributed by atoms with E-state index in [0.717, 1.165) is 0 Å². The Labute approximate surface area is 123 Å². The number of benzene rings is 1. The van der Waals surface area contributed by atoms with Gasteiger partial charge in [0.2, 0.25) is 12.3 Å². The smallest absolute Gasteiger partial charge is 0.242 e. The van der Waals surface area contributed by atoms with Crippen molar-refractivity contribution in [3.05, 3.63) is 24.3 Å². The maximum absolute atomic E-state index is 12.6. The number of ether oxygens (including phenoxy) is 1. The van der Waals surface area contributed by atoms with Crippen LogP contribution in [0.3, 0.4) is 0 Å². The fourth-order valence-corrected chi connectivity index (χ4v) is 2.46. The number of likely N-dealkylation sites (tertiary alicyclic amines) is 1. The molecule has 1 aromatic carbocycles. The SMILES string of the molecule is CCOc1ccccc1NC(=O)CN1CCC(C(F)F)C1. The molecule has 1 saturated heterocycles. The average molecular weight is 298 g/mol. The first-order valence-corrected chi connectivity index (χ1v) is 7.12. The Kier molecular flexibility index (Phi) is 5.50. The van der Waals surface area contributed by atoms with E-state index >= 15 is 0 Å². The van der Waals surface area contributed by atoms with Crippen LogP contribution in [0.5, 0.6) is 5.75 Å². The molecule has 0 radical (unpaired) electrons. The molecular formula is C15H20F2N2O2. The second-order valence-electron chi connectivity index (χ2n) is 5.10. The summed E-state index contributed by atoms with van der Waals surface area (Å²) in [5.41, 5.74) is 0.606. The summed E-state index contributed by atoms with van der Waals surface area (Å²) >= 11 is 0. The number of hydrogen-bond acceptors (Lipinski definition) is 3. The fraction of sp³-hybridized carbons (Fsp3) is 0.533. The van der Waals surface area contributed by atoms with E-state index in [1.54, 1.807) is 23.1 Å². The number of nitrogens with one attached hydrogen (secondary N) is 1. The van der Waals surface area contributed by atoms with E-state index in [1.165, 1.54) is 0 Å². The molecule has 116 valence electrons. The average Bonchev–Trinajstić information content (AvgIpc) is 2.90. The van der Waals surface area contributed by atoms with Crippen LogP contribution in [0.15, 0.2) is 24.3 Å². The number of para-hydroxylation sites is 2. The highest BCUT2D eigenvalue weighted by atomic mass is 19.3. The van der Waals surface area contributed by atoms with Gasteiger partial charge in [0.15, 0.2) is 0 Å². The van der Waals surface area contributed by atoms with Crippen LogP contribution in [0.1, 0.15) is 13.3 Å². The molecule has 0 spiro atoms. The van der Waals surface area contributed by atoms with Crippen LogP contribution in [0, 0.1) is 5.92 Å². The molecule has 4 nitrogen and oxygen atoms in total. The van der Waals surface area contributed by atoms with Crippen molar-refractivity contribution in [2.75, 3.05) is 31.6 Å². The highest BCUT2D eigenvalue weighted by Crippen LogP contribution is 2.25. The molecule has 1 N–H and O–H groups in total. The molecule has 0 aliphatic carbocycles. The van der Waals surface area contributed by atoms with Crippen molar-refractivity contribution in [3.8, 4) is 5.75 Å². The number of rotatable bonds is 6. The van der Waals surface area contributed by atoms with Crippen molar-refractivity contribution >= 4 is 11.6 Å². The normalized spacial score (nSPS) is 19.0. The van der Waals surface area contributed by atoms with Crippen molar-refractivity contribution in [2.45, 2.75) is 19.8 Å². The molecule has 0 aromatic heterocycles. The third-order valence-corrected chi connectivity index (χ3v) is 3.49. The minimum absolute atomic E-state index is 0.129. The van der Waals surface area contributed by atoms with E-state index in [2.05, 4.69) is 5.32 Å². The number of alkyl halides is 2. The van der Waals surface area contributed by atoms with Gasteiger partial charge in [-0.25, -0.2) is 8.78 Å². The molecule has 0 saturated carbocycles. The van der Waals surface area contributed by atoms with Gasteiger partial charge in [-0.1, -0.05) is 12.1 Å². The summed E-state index contributed by atoms with van der Waals surface area (Å²) in [5, 5.41) is 2.77. The molecule has 1 atom stereocenters. The molecule has 1 aliphatic heterocycles. The third-order valence-electron chi connectivity index (χ3n) is 3.49. The number of hydrogen-bond donors (Lipinski definition) is 1. The first-order chi connectivity index (χ1) is 10.1. The van der Waals surface area contributed by atoms with Gasteiger partial charge in [0.1, 0.15) is 5.75 Å². The lowest BCUT2D eigenvalue weighted by molar-refractivity contribution is -0.117. The Bertz CT molecular complexity index is 482. The Morgan fingerprint density at radius 2 is 2.24 bits per heavy atom. The van der Waals surface area contributed by atoms with E-state index < -0.39 is 12.3 Å². The number of carbonyl (C=O) groups excluding carboxylic acids is 1. The van der Waals surface area contributed by atoms with Gasteiger partial charge >= 0.3 is 0 Å². The molecule has 1 aromatic rings. The molecule has 0 bridgehead atoms. The van der Waals surface area contributed by atoms with E-state index in [4.69, 9.17) is 4.74 Å². The molecule has 1 unspecified atom stereocenters. The van der Waals surface area contributed by atoms with Crippen molar-refractivity contribution < 1.29 is 18.3 Å². The number of anilines is 1. The molecule has 1 amide bonds. The first kappa shape index (κ1) is 15.7. The van der Waals surface area contributed by atoms with Crippen molar-refractivity contribution in [2.24, 2.45) is 5.92 Å². The number of carbonyl (C=O) groups is 1. The third kappa shape index (κ3) is 4.39. The fourth-order valence-electron chi connectivity index (χ4n) is 2.46. The van der Waals surface area contributed by atoms with Gasteiger partial charge in [0.25, 0.3) is 0 Å². The summed E-state index contributed by atoms with van der Waals surface area (Å²) in [6.45, 7) is 3.32. The topological polar surface area (TPSA) is 41.6 Å². The Hall–Kier alpha value is -1.69. The summed E-state index contributed by atoms with van der Waals surface area (Å²) < 4.78 is 30.6. The van der Waals surface area contributed by atoms with Crippen LogP contribution in [-0.4, -0.2) is 43.5 Å². The highest BCUT2D eigenvalue weighted by molar-refractivity contribution is 5.93. The summed E-state index contributed by atoms with van der Waals surface area (Å²) in [7, 11) is 0. The molecule has 6 heteroatoms. The summed E-state index contributed by atoms with van der Waals surface area (Å²) in [6.07, 6.45) is -1.86. The molecule has 1 fully saturated rings. The van der Waals surface area contributed by atoms with Gasteiger partial charge in [-0.05, 0) is 32.0 Å². The molecule has 2 rings (SSSR count). The largest absolute Gasteiger partial charge is 0.492 e. The monoisotopic (exact) mass is 298 g/mol. The number of nitrogens with zero attached hydrogens (tertiary/aromatic N) is 1. The Morgan fingerprint density at radius 1 is 1.48 bits per heavy atom. The minimum atomic E-state index is -2.31. The zero-order valence-corrected chi connectivity index (χ0v) is 12.0. The summed E-state index contributed by atoms with van der Waals surface area (Å²) in [6, 6.07) is 7.17. The van der Waals surface area contributed by atoms with Crippen molar-refractivity contribution in [1.82, 2.24) is 4.90 Å². The predicted octanol–water partition coefficient (Wildman–Crippen LogP) is 2.61.